The van der Waals surface area contributed by atoms with Crippen molar-refractivity contribution < 1.29 is 19.5 Å². The minimum absolute atomic E-state index is 0.0302. The van der Waals surface area contributed by atoms with E-state index in [1.807, 2.05) is 12.1 Å². The van der Waals surface area contributed by atoms with Gasteiger partial charge in [0.15, 0.2) is 0 Å². The molecule has 0 aliphatic heterocycles. The van der Waals surface area contributed by atoms with E-state index in [0.717, 1.165) is 10.0 Å². The topological polar surface area (TPSA) is 108 Å². The number of carbonyl (C=O) groups excluding carboxylic acids is 2. The molecular formula is C18H18BrN3O4. The van der Waals surface area contributed by atoms with Crippen LogP contribution >= 0.6 is 15.9 Å². The molecule has 8 heteroatoms. The van der Waals surface area contributed by atoms with Crippen LogP contribution in [0.1, 0.15) is 28.9 Å². The van der Waals surface area contributed by atoms with Crippen LogP contribution in [0.25, 0.3) is 0 Å². The van der Waals surface area contributed by atoms with Crippen molar-refractivity contribution in [2.75, 3.05) is 11.9 Å². The Morgan fingerprint density at radius 3 is 2.58 bits per heavy atom. The van der Waals surface area contributed by atoms with Gasteiger partial charge < -0.3 is 15.7 Å². The van der Waals surface area contributed by atoms with E-state index < -0.39 is 5.97 Å². The summed E-state index contributed by atoms with van der Waals surface area (Å²) in [5, 5.41) is 14.0. The first-order valence-electron chi connectivity index (χ1n) is 7.95. The Morgan fingerprint density at radius 2 is 1.92 bits per heavy atom. The molecule has 0 unspecified atom stereocenters. The predicted octanol–water partition coefficient (Wildman–Crippen LogP) is 2.62. The molecule has 136 valence electrons. The third-order valence-corrected chi connectivity index (χ3v) is 4.14. The molecular weight excluding hydrogens is 402 g/mol. The van der Waals surface area contributed by atoms with E-state index in [0.29, 0.717) is 24.3 Å². The lowest BCUT2D eigenvalue weighted by molar-refractivity contribution is -0.138. The number of pyridine rings is 1. The Balaban J connectivity index is 1.86. The molecule has 0 aliphatic carbocycles. The van der Waals surface area contributed by atoms with Crippen molar-refractivity contribution in [3.63, 3.8) is 0 Å². The highest BCUT2D eigenvalue weighted by atomic mass is 79.9. The van der Waals surface area contributed by atoms with Gasteiger partial charge in [0.2, 0.25) is 5.91 Å². The Labute approximate surface area is 159 Å². The lowest BCUT2D eigenvalue weighted by Crippen LogP contribution is -2.26. The van der Waals surface area contributed by atoms with Gasteiger partial charge >= 0.3 is 5.97 Å². The Morgan fingerprint density at radius 1 is 1.12 bits per heavy atom. The third kappa shape index (κ3) is 6.29. The second-order valence-corrected chi connectivity index (χ2v) is 6.33. The van der Waals surface area contributed by atoms with Crippen molar-refractivity contribution in [1.29, 1.82) is 0 Å². The van der Waals surface area contributed by atoms with Crippen LogP contribution in [0, 0.1) is 0 Å². The van der Waals surface area contributed by atoms with E-state index in [1.165, 1.54) is 0 Å². The van der Waals surface area contributed by atoms with Crippen molar-refractivity contribution in [3.05, 3.63) is 58.3 Å². The SMILES string of the molecule is O=C(O)CCC(=O)NCCc1ccc(NC(=O)c2ccccn2)c(Br)c1. The number of carboxylic acid groups (broad SMARTS) is 1. The van der Waals surface area contributed by atoms with Gasteiger partial charge in [0.05, 0.1) is 12.1 Å². The van der Waals surface area contributed by atoms with Crippen LogP contribution in [-0.2, 0) is 16.0 Å². The number of amides is 2. The fourth-order valence-corrected chi connectivity index (χ4v) is 2.68. The van der Waals surface area contributed by atoms with Crippen molar-refractivity contribution >= 4 is 39.4 Å². The molecule has 3 N–H and O–H groups in total. The van der Waals surface area contributed by atoms with Gasteiger partial charge in [0, 0.05) is 23.6 Å². The fraction of sp³-hybridized carbons (Fsp3) is 0.222. The van der Waals surface area contributed by atoms with Gasteiger partial charge in [0.25, 0.3) is 5.91 Å². The summed E-state index contributed by atoms with van der Waals surface area (Å²) in [7, 11) is 0. The Bertz CT molecular complexity index is 796. The van der Waals surface area contributed by atoms with Crippen LogP contribution in [0.3, 0.4) is 0 Å². The maximum Gasteiger partial charge on any atom is 0.303 e. The summed E-state index contributed by atoms with van der Waals surface area (Å²) in [5.41, 5.74) is 1.91. The summed E-state index contributed by atoms with van der Waals surface area (Å²) in [5.74, 6) is -1.58. The van der Waals surface area contributed by atoms with Crippen LogP contribution in [0.4, 0.5) is 5.69 Å². The van der Waals surface area contributed by atoms with E-state index in [4.69, 9.17) is 5.11 Å². The first-order valence-corrected chi connectivity index (χ1v) is 8.74. The van der Waals surface area contributed by atoms with Crippen LogP contribution in [0.2, 0.25) is 0 Å². The van der Waals surface area contributed by atoms with Crippen LogP contribution in [0.15, 0.2) is 47.1 Å². The third-order valence-electron chi connectivity index (χ3n) is 3.48. The number of nitrogens with zero attached hydrogens (tertiary/aromatic N) is 1. The zero-order valence-corrected chi connectivity index (χ0v) is 15.5. The average Bonchev–Trinajstić information content (AvgIpc) is 2.63. The number of carbonyl (C=O) groups is 3. The number of benzene rings is 1. The van der Waals surface area contributed by atoms with Crippen LogP contribution < -0.4 is 10.6 Å². The van der Waals surface area contributed by atoms with E-state index in [1.54, 1.807) is 30.5 Å². The average molecular weight is 420 g/mol. The number of carboxylic acids is 1. The van der Waals surface area contributed by atoms with E-state index in [-0.39, 0.29) is 24.7 Å². The highest BCUT2D eigenvalue weighted by Gasteiger charge is 2.10. The Kier molecular flexibility index (Phi) is 7.28. The molecule has 0 atom stereocenters. The Hall–Kier alpha value is -2.74. The molecule has 7 nitrogen and oxygen atoms in total. The molecule has 1 aromatic carbocycles. The maximum absolute atomic E-state index is 12.1. The van der Waals surface area contributed by atoms with Gasteiger partial charge in [-0.05, 0) is 52.2 Å². The monoisotopic (exact) mass is 419 g/mol. The van der Waals surface area contributed by atoms with Gasteiger partial charge in [-0.15, -0.1) is 0 Å². The van der Waals surface area contributed by atoms with Crippen molar-refractivity contribution in [2.45, 2.75) is 19.3 Å². The molecule has 1 aromatic heterocycles. The van der Waals surface area contributed by atoms with Gasteiger partial charge in [0.1, 0.15) is 5.69 Å². The summed E-state index contributed by atoms with van der Waals surface area (Å²) >= 11 is 3.42. The molecule has 0 fully saturated rings. The molecule has 26 heavy (non-hydrogen) atoms. The van der Waals surface area contributed by atoms with Crippen molar-refractivity contribution in [1.82, 2.24) is 10.3 Å². The molecule has 0 spiro atoms. The minimum Gasteiger partial charge on any atom is -0.481 e. The molecule has 0 aliphatic rings. The number of hydrogen-bond acceptors (Lipinski definition) is 4. The summed E-state index contributed by atoms with van der Waals surface area (Å²) in [4.78, 5) is 38.0. The highest BCUT2D eigenvalue weighted by molar-refractivity contribution is 9.10. The zero-order chi connectivity index (χ0) is 18.9. The largest absolute Gasteiger partial charge is 0.481 e. The molecule has 0 radical (unpaired) electrons. The molecule has 1 heterocycles. The number of halogens is 1. The summed E-state index contributed by atoms with van der Waals surface area (Å²) in [6.45, 7) is 0.407. The quantitative estimate of drug-likeness (QED) is 0.609. The van der Waals surface area contributed by atoms with Gasteiger partial charge in [-0.2, -0.15) is 0 Å². The predicted molar refractivity (Wildman–Crippen MR) is 99.9 cm³/mol. The minimum atomic E-state index is -0.993. The molecule has 2 amide bonds. The lowest BCUT2D eigenvalue weighted by atomic mass is 10.1. The van der Waals surface area contributed by atoms with Gasteiger partial charge in [-0.25, -0.2) is 0 Å². The molecule has 2 rings (SSSR count). The van der Waals surface area contributed by atoms with E-state index in [2.05, 4.69) is 31.5 Å². The second kappa shape index (κ2) is 9.67. The smallest absolute Gasteiger partial charge is 0.303 e. The summed E-state index contributed by atoms with van der Waals surface area (Å²) < 4.78 is 0.719. The molecule has 2 aromatic rings. The van der Waals surface area contributed by atoms with Crippen LogP contribution in [-0.4, -0.2) is 34.4 Å². The normalized spacial score (nSPS) is 10.2. The molecule has 0 saturated carbocycles. The number of nitrogens with one attached hydrogen (secondary N) is 2. The molecule has 0 bridgehead atoms. The summed E-state index contributed by atoms with van der Waals surface area (Å²) in [6.07, 6.45) is 1.93. The van der Waals surface area contributed by atoms with Crippen LogP contribution in [0.5, 0.6) is 0 Å². The lowest BCUT2D eigenvalue weighted by Gasteiger charge is -2.10. The van der Waals surface area contributed by atoms with Crippen molar-refractivity contribution in [2.24, 2.45) is 0 Å². The standard InChI is InChI=1S/C18H18BrN3O4/c19-13-11-12(8-10-21-16(23)6-7-17(24)25)4-5-14(13)22-18(26)15-3-1-2-9-20-15/h1-5,9,11H,6-8,10H2,(H,21,23)(H,22,26)(H,24,25). The fourth-order valence-electron chi connectivity index (χ4n) is 2.15. The number of anilines is 1. The maximum atomic E-state index is 12.1. The van der Waals surface area contributed by atoms with Crippen molar-refractivity contribution in [3.8, 4) is 0 Å². The van der Waals surface area contributed by atoms with E-state index in [9.17, 15) is 14.4 Å². The number of aromatic nitrogens is 1. The first kappa shape index (κ1) is 19.6. The number of hydrogen-bond donors (Lipinski definition) is 3. The summed E-state index contributed by atoms with van der Waals surface area (Å²) in [6, 6.07) is 10.6. The molecule has 0 saturated heterocycles. The van der Waals surface area contributed by atoms with E-state index >= 15 is 0 Å². The highest BCUT2D eigenvalue weighted by Crippen LogP contribution is 2.24. The zero-order valence-electron chi connectivity index (χ0n) is 13.9. The number of aliphatic carboxylic acids is 1. The first-order chi connectivity index (χ1) is 12.5. The number of rotatable bonds is 8. The van der Waals surface area contributed by atoms with Gasteiger partial charge in [-0.1, -0.05) is 12.1 Å². The second-order valence-electron chi connectivity index (χ2n) is 5.48. The van der Waals surface area contributed by atoms with Gasteiger partial charge in [-0.3, -0.25) is 19.4 Å².